The first-order valence-electron chi connectivity index (χ1n) is 6.06. The molecule has 4 nitrogen and oxygen atoms in total. The Kier molecular flexibility index (Phi) is 3.35. The van der Waals surface area contributed by atoms with E-state index in [9.17, 15) is 9.59 Å². The Morgan fingerprint density at radius 2 is 1.90 bits per heavy atom. The maximum Gasteiger partial charge on any atom is 0.259 e. The lowest BCUT2D eigenvalue weighted by Gasteiger charge is -2.14. The second kappa shape index (κ2) is 5.03. The van der Waals surface area contributed by atoms with Crippen LogP contribution in [0.3, 0.4) is 0 Å². The fraction of sp³-hybridized carbons (Fsp3) is 0.143. The van der Waals surface area contributed by atoms with Gasteiger partial charge in [0.15, 0.2) is 0 Å². The predicted molar refractivity (Wildman–Crippen MR) is 82.3 cm³/mol. The number of amides is 2. The minimum absolute atomic E-state index is 0.129. The van der Waals surface area contributed by atoms with Gasteiger partial charge in [-0.15, -0.1) is 11.3 Å². The van der Waals surface area contributed by atoms with Gasteiger partial charge in [0.25, 0.3) is 11.8 Å². The van der Waals surface area contributed by atoms with Gasteiger partial charge in [0.1, 0.15) is 0 Å². The maximum atomic E-state index is 11.6. The number of fused-ring (bicyclic) bond motifs is 1. The maximum absolute atomic E-state index is 11.6. The van der Waals surface area contributed by atoms with E-state index in [4.69, 9.17) is 0 Å². The summed E-state index contributed by atoms with van der Waals surface area (Å²) in [5.74, 6) is -0.660. The Hall–Kier alpha value is -1.66. The van der Waals surface area contributed by atoms with E-state index >= 15 is 0 Å². The minimum atomic E-state index is -0.333. The van der Waals surface area contributed by atoms with Crippen LogP contribution in [0.15, 0.2) is 34.1 Å². The van der Waals surface area contributed by atoms with Crippen LogP contribution >= 0.6 is 27.3 Å². The standard InChI is InChI=1S/C14H11BrN2O2S/c1-7(11-4-5-12(15)20-11)16-8-2-3-9-10(6-8)14(19)17-13(9)18/h2-7,16H,1H3,(H,17,18,19). The molecule has 1 aliphatic heterocycles. The first kappa shape index (κ1) is 13.3. The molecule has 0 radical (unpaired) electrons. The Morgan fingerprint density at radius 1 is 1.15 bits per heavy atom. The Balaban J connectivity index is 1.84. The van der Waals surface area contributed by atoms with Crippen LogP contribution in [0.2, 0.25) is 0 Å². The van der Waals surface area contributed by atoms with Crippen molar-refractivity contribution >= 4 is 44.8 Å². The van der Waals surface area contributed by atoms with Gasteiger partial charge in [-0.1, -0.05) is 0 Å². The van der Waals surface area contributed by atoms with Gasteiger partial charge in [0.05, 0.1) is 21.0 Å². The number of halogens is 1. The Bertz CT molecular complexity index is 711. The third-order valence-electron chi connectivity index (χ3n) is 3.14. The van der Waals surface area contributed by atoms with Gasteiger partial charge in [-0.2, -0.15) is 0 Å². The molecule has 0 aliphatic carbocycles. The highest BCUT2D eigenvalue weighted by atomic mass is 79.9. The summed E-state index contributed by atoms with van der Waals surface area (Å²) in [5, 5.41) is 5.62. The average Bonchev–Trinajstić information content (AvgIpc) is 2.95. The lowest BCUT2D eigenvalue weighted by Crippen LogP contribution is -2.19. The lowest BCUT2D eigenvalue weighted by molar-refractivity contribution is 0.0879. The highest BCUT2D eigenvalue weighted by molar-refractivity contribution is 9.11. The highest BCUT2D eigenvalue weighted by Gasteiger charge is 2.26. The van der Waals surface area contributed by atoms with E-state index in [0.717, 1.165) is 9.47 Å². The number of imide groups is 1. The van der Waals surface area contributed by atoms with Gasteiger partial charge in [-0.3, -0.25) is 14.9 Å². The fourth-order valence-corrected chi connectivity index (χ4v) is 3.57. The van der Waals surface area contributed by atoms with Crippen LogP contribution < -0.4 is 10.6 Å². The average molecular weight is 351 g/mol. The third kappa shape index (κ3) is 2.36. The summed E-state index contributed by atoms with van der Waals surface area (Å²) < 4.78 is 1.08. The molecule has 0 bridgehead atoms. The predicted octanol–water partition coefficient (Wildman–Crippen LogP) is 3.57. The molecule has 20 heavy (non-hydrogen) atoms. The summed E-state index contributed by atoms with van der Waals surface area (Å²) in [5.41, 5.74) is 1.69. The Labute approximate surface area is 128 Å². The largest absolute Gasteiger partial charge is 0.378 e. The zero-order valence-corrected chi connectivity index (χ0v) is 13.0. The molecule has 1 aliphatic rings. The quantitative estimate of drug-likeness (QED) is 0.832. The molecule has 0 saturated carbocycles. The molecule has 3 rings (SSSR count). The van der Waals surface area contributed by atoms with E-state index in [1.54, 1.807) is 23.5 Å². The van der Waals surface area contributed by atoms with Gasteiger partial charge in [0, 0.05) is 10.6 Å². The number of anilines is 1. The van der Waals surface area contributed by atoms with E-state index < -0.39 is 0 Å². The summed E-state index contributed by atoms with van der Waals surface area (Å²) in [6.45, 7) is 2.05. The molecule has 2 amide bonds. The second-order valence-corrected chi connectivity index (χ2v) is 7.05. The van der Waals surface area contributed by atoms with Crippen molar-refractivity contribution in [2.75, 3.05) is 5.32 Å². The lowest BCUT2D eigenvalue weighted by atomic mass is 10.1. The smallest absolute Gasteiger partial charge is 0.259 e. The molecule has 102 valence electrons. The Morgan fingerprint density at radius 3 is 2.60 bits per heavy atom. The fourth-order valence-electron chi connectivity index (χ4n) is 2.14. The minimum Gasteiger partial charge on any atom is -0.378 e. The van der Waals surface area contributed by atoms with Gasteiger partial charge >= 0.3 is 0 Å². The van der Waals surface area contributed by atoms with Crippen LogP contribution in [0.1, 0.15) is 38.6 Å². The van der Waals surface area contributed by atoms with Gasteiger partial charge < -0.3 is 5.32 Å². The van der Waals surface area contributed by atoms with Crippen LogP contribution in [0.25, 0.3) is 0 Å². The number of carbonyl (C=O) groups excluding carboxylic acids is 2. The van der Waals surface area contributed by atoms with Crippen molar-refractivity contribution in [2.24, 2.45) is 0 Å². The van der Waals surface area contributed by atoms with Crippen molar-refractivity contribution in [3.05, 3.63) is 50.1 Å². The molecular weight excluding hydrogens is 340 g/mol. The van der Waals surface area contributed by atoms with Crippen LogP contribution in [0.4, 0.5) is 5.69 Å². The molecule has 0 spiro atoms. The van der Waals surface area contributed by atoms with Crippen molar-refractivity contribution < 1.29 is 9.59 Å². The van der Waals surface area contributed by atoms with Gasteiger partial charge in [-0.25, -0.2) is 0 Å². The zero-order chi connectivity index (χ0) is 14.3. The van der Waals surface area contributed by atoms with Gasteiger partial charge in [-0.05, 0) is 53.2 Å². The van der Waals surface area contributed by atoms with Crippen molar-refractivity contribution in [2.45, 2.75) is 13.0 Å². The van der Waals surface area contributed by atoms with E-state index in [2.05, 4.69) is 39.6 Å². The normalized spacial score (nSPS) is 14.9. The molecule has 1 aromatic heterocycles. The zero-order valence-electron chi connectivity index (χ0n) is 10.6. The van der Waals surface area contributed by atoms with Crippen molar-refractivity contribution in [3.63, 3.8) is 0 Å². The topological polar surface area (TPSA) is 58.2 Å². The first-order valence-corrected chi connectivity index (χ1v) is 7.67. The third-order valence-corrected chi connectivity index (χ3v) is 4.95. The molecule has 2 aromatic rings. The van der Waals surface area contributed by atoms with E-state index in [0.29, 0.717) is 11.1 Å². The van der Waals surface area contributed by atoms with Crippen molar-refractivity contribution in [1.29, 1.82) is 0 Å². The van der Waals surface area contributed by atoms with Crippen molar-refractivity contribution in [1.82, 2.24) is 5.32 Å². The summed E-state index contributed by atoms with van der Waals surface area (Å²) >= 11 is 5.10. The molecule has 1 aromatic carbocycles. The number of nitrogens with one attached hydrogen (secondary N) is 2. The van der Waals surface area contributed by atoms with Crippen LogP contribution in [0, 0.1) is 0 Å². The molecule has 1 unspecified atom stereocenters. The van der Waals surface area contributed by atoms with Crippen LogP contribution in [-0.2, 0) is 0 Å². The number of hydrogen-bond acceptors (Lipinski definition) is 4. The molecule has 1 atom stereocenters. The van der Waals surface area contributed by atoms with Gasteiger partial charge in [0.2, 0.25) is 0 Å². The monoisotopic (exact) mass is 350 g/mol. The molecule has 2 N–H and O–H groups in total. The van der Waals surface area contributed by atoms with Crippen LogP contribution in [0.5, 0.6) is 0 Å². The summed E-state index contributed by atoms with van der Waals surface area (Å²) in [7, 11) is 0. The van der Waals surface area contributed by atoms with Crippen molar-refractivity contribution in [3.8, 4) is 0 Å². The highest BCUT2D eigenvalue weighted by Crippen LogP contribution is 2.30. The molecular formula is C14H11BrN2O2S. The van der Waals surface area contributed by atoms with E-state index in [1.165, 1.54) is 4.88 Å². The van der Waals surface area contributed by atoms with E-state index in [-0.39, 0.29) is 17.9 Å². The first-order chi connectivity index (χ1) is 9.54. The molecule has 0 saturated heterocycles. The number of carbonyl (C=O) groups is 2. The molecule has 6 heteroatoms. The number of benzene rings is 1. The summed E-state index contributed by atoms with van der Waals surface area (Å²) in [4.78, 5) is 24.3. The number of thiophene rings is 1. The summed E-state index contributed by atoms with van der Waals surface area (Å²) in [6, 6.07) is 9.40. The SMILES string of the molecule is CC(Nc1ccc2c(c1)C(=O)NC2=O)c1ccc(Br)s1. The van der Waals surface area contributed by atoms with Crippen LogP contribution in [-0.4, -0.2) is 11.8 Å². The second-order valence-electron chi connectivity index (χ2n) is 4.55. The number of hydrogen-bond donors (Lipinski definition) is 2. The molecule has 2 heterocycles. The molecule has 0 fully saturated rings. The van der Waals surface area contributed by atoms with E-state index in [1.807, 2.05) is 12.1 Å². The number of rotatable bonds is 3. The summed E-state index contributed by atoms with van der Waals surface area (Å²) in [6.07, 6.45) is 0.